The van der Waals surface area contributed by atoms with Crippen LogP contribution in [0, 0.1) is 11.3 Å². The van der Waals surface area contributed by atoms with E-state index in [0.717, 1.165) is 44.6 Å². The molecule has 4 nitrogen and oxygen atoms in total. The normalized spacial score (nSPS) is 13.0. The summed E-state index contributed by atoms with van der Waals surface area (Å²) in [5.74, 6) is 0. The highest BCUT2D eigenvalue weighted by Crippen LogP contribution is 2.45. The van der Waals surface area contributed by atoms with Crippen LogP contribution in [0.15, 0.2) is 109 Å². The van der Waals surface area contributed by atoms with E-state index < -0.39 is 0 Å². The molecule has 5 aromatic carbocycles. The largest absolute Gasteiger partial charge is 0.308 e. The van der Waals surface area contributed by atoms with Gasteiger partial charge in [0, 0.05) is 39.5 Å². The van der Waals surface area contributed by atoms with Crippen LogP contribution in [-0.2, 0) is 21.7 Å². The van der Waals surface area contributed by atoms with Crippen LogP contribution >= 0.6 is 0 Å². The van der Waals surface area contributed by atoms with Crippen molar-refractivity contribution in [2.45, 2.75) is 105 Å². The van der Waals surface area contributed by atoms with Crippen LogP contribution in [0.4, 0.5) is 0 Å². The van der Waals surface area contributed by atoms with Gasteiger partial charge in [-0.25, -0.2) is 0 Å². The smallest absolute Gasteiger partial charge is 0.0993 e. The van der Waals surface area contributed by atoms with Crippen LogP contribution in [0.2, 0.25) is 0 Å². The van der Waals surface area contributed by atoms with E-state index in [0.29, 0.717) is 5.56 Å². The Bertz CT molecular complexity index is 2570. The molecule has 3 aromatic heterocycles. The van der Waals surface area contributed by atoms with Gasteiger partial charge in [0.05, 0.1) is 45.1 Å². The fourth-order valence-corrected chi connectivity index (χ4v) is 8.27. The standard InChI is InChI=1S/C52H54N4/c1-49(2,3)34-13-17-38-39-18-14-35(50(4,5)6)28-43(39)55(42(38)27-34)46-25-32(31-53)26-47(48(46)33-21-23-54-24-22-33)56-44-29-36(51(7,8)9)15-19-40(44)41-20-16-37(30-45(41)56)52(10,11)12/h13-30H,1-12H3. The Balaban J connectivity index is 1.62. The highest BCUT2D eigenvalue weighted by Gasteiger charge is 2.27. The summed E-state index contributed by atoms with van der Waals surface area (Å²) in [5.41, 5.74) is 14.0. The van der Waals surface area contributed by atoms with Crippen molar-refractivity contribution in [3.8, 4) is 28.6 Å². The quantitative estimate of drug-likeness (QED) is 0.181. The molecule has 0 aliphatic heterocycles. The molecule has 0 aliphatic carbocycles. The van der Waals surface area contributed by atoms with Crippen molar-refractivity contribution in [1.82, 2.24) is 14.1 Å². The van der Waals surface area contributed by atoms with Gasteiger partial charge < -0.3 is 9.13 Å². The van der Waals surface area contributed by atoms with Crippen molar-refractivity contribution in [3.05, 3.63) is 137 Å². The van der Waals surface area contributed by atoms with Gasteiger partial charge in [-0.05, 0) is 98.0 Å². The maximum atomic E-state index is 10.9. The zero-order valence-corrected chi connectivity index (χ0v) is 35.2. The second-order valence-electron chi connectivity index (χ2n) is 19.8. The molecule has 56 heavy (non-hydrogen) atoms. The third kappa shape index (κ3) is 6.19. The van der Waals surface area contributed by atoms with E-state index in [4.69, 9.17) is 0 Å². The molecule has 0 saturated carbocycles. The van der Waals surface area contributed by atoms with Crippen molar-refractivity contribution in [2.24, 2.45) is 0 Å². The Morgan fingerprint density at radius 3 is 1.00 bits per heavy atom. The number of benzene rings is 5. The van der Waals surface area contributed by atoms with E-state index in [9.17, 15) is 5.26 Å². The number of pyridine rings is 1. The Morgan fingerprint density at radius 2 is 0.732 bits per heavy atom. The molecule has 8 rings (SSSR count). The minimum absolute atomic E-state index is 0.0574. The lowest BCUT2D eigenvalue weighted by Crippen LogP contribution is -2.12. The number of fused-ring (bicyclic) bond motifs is 6. The number of nitriles is 1. The summed E-state index contributed by atoms with van der Waals surface area (Å²) in [6.07, 6.45) is 3.76. The van der Waals surface area contributed by atoms with Gasteiger partial charge >= 0.3 is 0 Å². The number of hydrogen-bond acceptors (Lipinski definition) is 2. The molecule has 0 atom stereocenters. The van der Waals surface area contributed by atoms with Gasteiger partial charge in [-0.1, -0.05) is 132 Å². The molecule has 0 aliphatic rings. The molecule has 0 radical (unpaired) electrons. The van der Waals surface area contributed by atoms with E-state index in [1.807, 2.05) is 12.4 Å². The van der Waals surface area contributed by atoms with Crippen molar-refractivity contribution >= 4 is 43.6 Å². The fourth-order valence-electron chi connectivity index (χ4n) is 8.27. The minimum Gasteiger partial charge on any atom is -0.308 e. The maximum absolute atomic E-state index is 10.9. The third-order valence-electron chi connectivity index (χ3n) is 11.7. The summed E-state index contributed by atoms with van der Waals surface area (Å²) in [5, 5.41) is 15.7. The van der Waals surface area contributed by atoms with Gasteiger partial charge in [0.1, 0.15) is 0 Å². The second kappa shape index (κ2) is 12.7. The zero-order chi connectivity index (χ0) is 40.1. The summed E-state index contributed by atoms with van der Waals surface area (Å²) in [6.45, 7) is 27.3. The van der Waals surface area contributed by atoms with Crippen molar-refractivity contribution in [3.63, 3.8) is 0 Å². The highest BCUT2D eigenvalue weighted by atomic mass is 15.0. The zero-order valence-electron chi connectivity index (χ0n) is 35.2. The lowest BCUT2D eigenvalue weighted by atomic mass is 9.86. The van der Waals surface area contributed by atoms with Crippen LogP contribution in [0.3, 0.4) is 0 Å². The van der Waals surface area contributed by atoms with E-state index in [-0.39, 0.29) is 21.7 Å². The van der Waals surface area contributed by atoms with Gasteiger partial charge in [-0.15, -0.1) is 0 Å². The highest BCUT2D eigenvalue weighted by molar-refractivity contribution is 6.12. The first-order valence-electron chi connectivity index (χ1n) is 19.9. The number of hydrogen-bond donors (Lipinski definition) is 0. The molecule has 3 heterocycles. The first-order chi connectivity index (χ1) is 26.3. The summed E-state index contributed by atoms with van der Waals surface area (Å²) < 4.78 is 4.87. The monoisotopic (exact) mass is 734 g/mol. The van der Waals surface area contributed by atoms with Crippen LogP contribution in [0.5, 0.6) is 0 Å². The van der Waals surface area contributed by atoms with Crippen molar-refractivity contribution in [2.75, 3.05) is 0 Å². The van der Waals surface area contributed by atoms with E-state index >= 15 is 0 Å². The van der Waals surface area contributed by atoms with Gasteiger partial charge in [-0.2, -0.15) is 5.26 Å². The van der Waals surface area contributed by atoms with Crippen molar-refractivity contribution < 1.29 is 0 Å². The Hall–Kier alpha value is -5.66. The van der Waals surface area contributed by atoms with Gasteiger partial charge in [0.2, 0.25) is 0 Å². The second-order valence-corrected chi connectivity index (χ2v) is 19.8. The van der Waals surface area contributed by atoms with Gasteiger partial charge in [-0.3, -0.25) is 4.98 Å². The van der Waals surface area contributed by atoms with Crippen LogP contribution in [0.1, 0.15) is 111 Å². The van der Waals surface area contributed by atoms with E-state index in [1.54, 1.807) is 0 Å². The van der Waals surface area contributed by atoms with Crippen LogP contribution in [0.25, 0.3) is 66.1 Å². The topological polar surface area (TPSA) is 46.5 Å². The summed E-state index contributed by atoms with van der Waals surface area (Å²) >= 11 is 0. The molecule has 4 heteroatoms. The fraction of sp³-hybridized carbons (Fsp3) is 0.308. The van der Waals surface area contributed by atoms with Crippen molar-refractivity contribution in [1.29, 1.82) is 5.26 Å². The summed E-state index contributed by atoms with van der Waals surface area (Å²) in [4.78, 5) is 4.48. The predicted molar refractivity (Wildman–Crippen MR) is 238 cm³/mol. The molecule has 0 fully saturated rings. The van der Waals surface area contributed by atoms with E-state index in [2.05, 4.69) is 200 Å². The van der Waals surface area contributed by atoms with E-state index in [1.165, 1.54) is 43.8 Å². The number of nitrogens with zero attached hydrogens (tertiary/aromatic N) is 4. The lowest BCUT2D eigenvalue weighted by molar-refractivity contribution is 0.590. The summed E-state index contributed by atoms with van der Waals surface area (Å²) in [7, 11) is 0. The molecular formula is C52H54N4. The molecule has 0 bridgehead atoms. The number of aromatic nitrogens is 3. The SMILES string of the molecule is CC(C)(C)c1ccc2c3ccc(C(C)(C)C)cc3n(-c3cc(C#N)cc(-n4c5cc(C(C)(C)C)ccc5c5ccc(C(C)(C)C)cc54)c3-c3ccncc3)c2c1. The summed E-state index contributed by atoms with van der Waals surface area (Å²) in [6, 6.07) is 38.8. The van der Waals surface area contributed by atoms with Crippen LogP contribution in [-0.4, -0.2) is 14.1 Å². The first kappa shape index (κ1) is 37.3. The Kier molecular flexibility index (Phi) is 8.44. The van der Waals surface area contributed by atoms with Gasteiger partial charge in [0.25, 0.3) is 0 Å². The molecule has 0 amide bonds. The Labute approximate surface area is 332 Å². The third-order valence-corrected chi connectivity index (χ3v) is 11.7. The lowest BCUT2D eigenvalue weighted by Gasteiger charge is -2.24. The first-order valence-corrected chi connectivity index (χ1v) is 19.9. The molecule has 0 unspecified atom stereocenters. The number of rotatable bonds is 3. The molecule has 282 valence electrons. The minimum atomic E-state index is -0.0574. The average molecular weight is 735 g/mol. The predicted octanol–water partition coefficient (Wildman–Crippen LogP) is 14.0. The maximum Gasteiger partial charge on any atom is 0.0993 e. The molecule has 0 spiro atoms. The Morgan fingerprint density at radius 1 is 0.429 bits per heavy atom. The average Bonchev–Trinajstić information content (AvgIpc) is 3.64. The molecule has 0 saturated heterocycles. The van der Waals surface area contributed by atoms with Crippen LogP contribution < -0.4 is 0 Å². The molecule has 8 aromatic rings. The van der Waals surface area contributed by atoms with Gasteiger partial charge in [0.15, 0.2) is 0 Å². The molecular weight excluding hydrogens is 681 g/mol. The molecule has 0 N–H and O–H groups in total.